The molecule has 4 rings (SSSR count). The van der Waals surface area contributed by atoms with Gasteiger partial charge in [-0.05, 0) is 37.3 Å². The molecule has 2 N–H and O–H groups in total. The van der Waals surface area contributed by atoms with Gasteiger partial charge in [-0.2, -0.15) is 0 Å². The molecule has 2 heterocycles. The molecule has 0 saturated carbocycles. The standard InChI is InChI=1S/C19H14N2O5/c1-10-17(22)21-14-9-12(6-7-16(14)25-10)20-18(23)13-8-11-4-2-3-5-15(11)26-19(13)24/h2-10H,1H3,(H,20,23)(H,21,22)/t10-/m1/s1. The van der Waals surface area contributed by atoms with Crippen molar-refractivity contribution in [3.63, 3.8) is 0 Å². The quantitative estimate of drug-likeness (QED) is 0.693. The Bertz CT molecular complexity index is 1100. The average Bonchev–Trinajstić information content (AvgIpc) is 2.62. The van der Waals surface area contributed by atoms with Gasteiger partial charge in [-0.1, -0.05) is 18.2 Å². The summed E-state index contributed by atoms with van der Waals surface area (Å²) in [5.41, 5.74) is 0.466. The molecule has 1 aliphatic rings. The van der Waals surface area contributed by atoms with Crippen LogP contribution in [0, 0.1) is 0 Å². The number of amides is 2. The van der Waals surface area contributed by atoms with E-state index in [1.54, 1.807) is 49.4 Å². The zero-order valence-electron chi connectivity index (χ0n) is 13.7. The van der Waals surface area contributed by atoms with E-state index in [0.29, 0.717) is 28.1 Å². The van der Waals surface area contributed by atoms with E-state index in [2.05, 4.69) is 10.6 Å². The van der Waals surface area contributed by atoms with Crippen molar-refractivity contribution >= 4 is 34.2 Å². The first kappa shape index (κ1) is 15.9. The molecule has 0 unspecified atom stereocenters. The van der Waals surface area contributed by atoms with Crippen molar-refractivity contribution in [2.45, 2.75) is 13.0 Å². The van der Waals surface area contributed by atoms with E-state index in [-0.39, 0.29) is 11.5 Å². The number of carbonyl (C=O) groups excluding carboxylic acids is 2. The maximum atomic E-state index is 12.5. The Kier molecular flexibility index (Phi) is 3.69. The Hall–Kier alpha value is -3.61. The lowest BCUT2D eigenvalue weighted by molar-refractivity contribution is -0.122. The molecule has 1 atom stereocenters. The lowest BCUT2D eigenvalue weighted by Crippen LogP contribution is -2.34. The molecule has 0 spiro atoms. The van der Waals surface area contributed by atoms with Gasteiger partial charge in [0.25, 0.3) is 11.8 Å². The van der Waals surface area contributed by atoms with Gasteiger partial charge in [-0.3, -0.25) is 9.59 Å². The normalized spacial score (nSPS) is 15.7. The zero-order chi connectivity index (χ0) is 18.3. The Morgan fingerprint density at radius 2 is 1.92 bits per heavy atom. The highest BCUT2D eigenvalue weighted by molar-refractivity contribution is 6.06. The summed E-state index contributed by atoms with van der Waals surface area (Å²) in [6.45, 7) is 1.65. The minimum Gasteiger partial charge on any atom is -0.479 e. The summed E-state index contributed by atoms with van der Waals surface area (Å²) in [6, 6.07) is 13.3. The molecule has 0 bridgehead atoms. The van der Waals surface area contributed by atoms with E-state index in [1.165, 1.54) is 6.07 Å². The molecule has 0 saturated heterocycles. The second kappa shape index (κ2) is 6.03. The van der Waals surface area contributed by atoms with Crippen LogP contribution < -0.4 is 21.0 Å². The molecular formula is C19H14N2O5. The fourth-order valence-corrected chi connectivity index (χ4v) is 2.71. The maximum absolute atomic E-state index is 12.5. The largest absolute Gasteiger partial charge is 0.479 e. The summed E-state index contributed by atoms with van der Waals surface area (Å²) in [5.74, 6) is -0.350. The van der Waals surface area contributed by atoms with Gasteiger partial charge in [-0.15, -0.1) is 0 Å². The van der Waals surface area contributed by atoms with Crippen LogP contribution in [0.4, 0.5) is 11.4 Å². The number of carbonyl (C=O) groups is 2. The van der Waals surface area contributed by atoms with E-state index in [9.17, 15) is 14.4 Å². The van der Waals surface area contributed by atoms with Crippen molar-refractivity contribution in [2.75, 3.05) is 10.6 Å². The zero-order valence-corrected chi connectivity index (χ0v) is 13.7. The van der Waals surface area contributed by atoms with Crippen molar-refractivity contribution < 1.29 is 18.7 Å². The van der Waals surface area contributed by atoms with E-state index in [1.807, 2.05) is 0 Å². The SMILES string of the molecule is C[C@H]1Oc2ccc(NC(=O)c3cc4ccccc4oc3=O)cc2NC1=O. The van der Waals surface area contributed by atoms with Crippen molar-refractivity contribution in [1.29, 1.82) is 0 Å². The van der Waals surface area contributed by atoms with Crippen molar-refractivity contribution in [3.8, 4) is 5.75 Å². The monoisotopic (exact) mass is 350 g/mol. The van der Waals surface area contributed by atoms with Gasteiger partial charge < -0.3 is 19.8 Å². The van der Waals surface area contributed by atoms with Crippen molar-refractivity contribution in [3.05, 3.63) is 64.5 Å². The predicted molar refractivity (Wildman–Crippen MR) is 95.6 cm³/mol. The van der Waals surface area contributed by atoms with Gasteiger partial charge in [0.05, 0.1) is 5.69 Å². The fraction of sp³-hybridized carbons (Fsp3) is 0.105. The highest BCUT2D eigenvalue weighted by Crippen LogP contribution is 2.32. The lowest BCUT2D eigenvalue weighted by Gasteiger charge is -2.23. The Morgan fingerprint density at radius 1 is 1.12 bits per heavy atom. The van der Waals surface area contributed by atoms with E-state index in [4.69, 9.17) is 9.15 Å². The summed E-state index contributed by atoms with van der Waals surface area (Å²) < 4.78 is 10.6. The number of hydrogen-bond acceptors (Lipinski definition) is 5. The molecular weight excluding hydrogens is 336 g/mol. The number of rotatable bonds is 2. The van der Waals surface area contributed by atoms with Gasteiger partial charge in [0.1, 0.15) is 16.9 Å². The van der Waals surface area contributed by atoms with Gasteiger partial charge in [0.15, 0.2) is 6.10 Å². The van der Waals surface area contributed by atoms with Crippen LogP contribution in [0.2, 0.25) is 0 Å². The van der Waals surface area contributed by atoms with Crippen LogP contribution in [0.25, 0.3) is 11.0 Å². The van der Waals surface area contributed by atoms with Crippen LogP contribution in [-0.2, 0) is 4.79 Å². The Labute approximate surface area is 147 Å². The van der Waals surface area contributed by atoms with Crippen molar-refractivity contribution in [1.82, 2.24) is 0 Å². The predicted octanol–water partition coefficient (Wildman–Crippen LogP) is 2.76. The second-order valence-corrected chi connectivity index (χ2v) is 5.90. The molecule has 7 nitrogen and oxygen atoms in total. The molecule has 0 fully saturated rings. The van der Waals surface area contributed by atoms with E-state index in [0.717, 1.165) is 0 Å². The van der Waals surface area contributed by atoms with Gasteiger partial charge in [0.2, 0.25) is 0 Å². The van der Waals surface area contributed by atoms with Crippen LogP contribution in [0.5, 0.6) is 5.75 Å². The fourth-order valence-electron chi connectivity index (χ4n) is 2.71. The molecule has 7 heteroatoms. The number of hydrogen-bond donors (Lipinski definition) is 2. The van der Waals surface area contributed by atoms with Gasteiger partial charge in [0, 0.05) is 11.1 Å². The molecule has 2 amide bonds. The molecule has 130 valence electrons. The minimum atomic E-state index is -0.718. The number of ether oxygens (including phenoxy) is 1. The number of anilines is 2. The highest BCUT2D eigenvalue weighted by atomic mass is 16.5. The molecule has 0 radical (unpaired) electrons. The van der Waals surface area contributed by atoms with E-state index >= 15 is 0 Å². The molecule has 1 aliphatic heterocycles. The third-order valence-electron chi connectivity index (χ3n) is 4.05. The van der Waals surface area contributed by atoms with E-state index < -0.39 is 17.6 Å². The summed E-state index contributed by atoms with van der Waals surface area (Å²) in [7, 11) is 0. The summed E-state index contributed by atoms with van der Waals surface area (Å²) in [4.78, 5) is 36.2. The number of para-hydroxylation sites is 1. The second-order valence-electron chi connectivity index (χ2n) is 5.90. The number of fused-ring (bicyclic) bond motifs is 2. The highest BCUT2D eigenvalue weighted by Gasteiger charge is 2.24. The first-order valence-corrected chi connectivity index (χ1v) is 7.97. The molecule has 26 heavy (non-hydrogen) atoms. The summed E-state index contributed by atoms with van der Waals surface area (Å²) >= 11 is 0. The molecule has 1 aromatic heterocycles. The van der Waals surface area contributed by atoms with Gasteiger partial charge >= 0.3 is 5.63 Å². The first-order chi connectivity index (χ1) is 12.5. The molecule has 2 aromatic carbocycles. The molecule has 0 aliphatic carbocycles. The minimum absolute atomic E-state index is 0.102. The van der Waals surface area contributed by atoms with Crippen LogP contribution in [0.15, 0.2) is 57.7 Å². The van der Waals surface area contributed by atoms with Crippen LogP contribution >= 0.6 is 0 Å². The third-order valence-corrected chi connectivity index (χ3v) is 4.05. The summed E-state index contributed by atoms with van der Waals surface area (Å²) in [5, 5.41) is 5.99. The Balaban J connectivity index is 1.63. The van der Waals surface area contributed by atoms with Gasteiger partial charge in [-0.25, -0.2) is 4.79 Å². The maximum Gasteiger partial charge on any atom is 0.349 e. The smallest absolute Gasteiger partial charge is 0.349 e. The first-order valence-electron chi connectivity index (χ1n) is 7.97. The number of benzene rings is 2. The summed E-state index contributed by atoms with van der Waals surface area (Å²) in [6.07, 6.45) is -0.579. The third kappa shape index (κ3) is 2.79. The Morgan fingerprint density at radius 3 is 2.77 bits per heavy atom. The molecule has 3 aromatic rings. The van der Waals surface area contributed by atoms with Crippen molar-refractivity contribution in [2.24, 2.45) is 0 Å². The van der Waals surface area contributed by atoms with Crippen LogP contribution in [-0.4, -0.2) is 17.9 Å². The topological polar surface area (TPSA) is 97.6 Å². The van der Waals surface area contributed by atoms with Crippen LogP contribution in [0.3, 0.4) is 0 Å². The average molecular weight is 350 g/mol. The lowest BCUT2D eigenvalue weighted by atomic mass is 10.1. The van der Waals surface area contributed by atoms with Crippen LogP contribution in [0.1, 0.15) is 17.3 Å². The number of nitrogens with one attached hydrogen (secondary N) is 2.